The van der Waals surface area contributed by atoms with Gasteiger partial charge >= 0.3 is 0 Å². The number of anilines is 1. The number of hydrogen-bond acceptors (Lipinski definition) is 7. The van der Waals surface area contributed by atoms with Crippen LogP contribution in [0.1, 0.15) is 25.0 Å². The van der Waals surface area contributed by atoms with Gasteiger partial charge in [-0.15, -0.1) is 5.10 Å². The standard InChI is InChI=1S/C9H16N6OS/c10-8(16)7-3-1-2-4-15(7)5-6-9(12-11)17-14-13-6/h7,12H,1-5,11H2,(H2,10,16). The van der Waals surface area contributed by atoms with Gasteiger partial charge in [-0.3, -0.25) is 9.69 Å². The van der Waals surface area contributed by atoms with Crippen LogP contribution in [0.3, 0.4) is 0 Å². The number of nitrogens with one attached hydrogen (secondary N) is 1. The van der Waals surface area contributed by atoms with E-state index >= 15 is 0 Å². The molecular formula is C9H16N6OS. The molecule has 0 aromatic carbocycles. The lowest BCUT2D eigenvalue weighted by Crippen LogP contribution is -2.47. The molecule has 5 N–H and O–H groups in total. The summed E-state index contributed by atoms with van der Waals surface area (Å²) in [4.78, 5) is 13.4. The van der Waals surface area contributed by atoms with Gasteiger partial charge in [0.15, 0.2) is 0 Å². The van der Waals surface area contributed by atoms with E-state index in [1.54, 1.807) is 0 Å². The first-order valence-corrected chi connectivity index (χ1v) is 6.31. The summed E-state index contributed by atoms with van der Waals surface area (Å²) >= 11 is 1.21. The zero-order valence-electron chi connectivity index (χ0n) is 9.43. The van der Waals surface area contributed by atoms with Crippen molar-refractivity contribution in [2.75, 3.05) is 12.0 Å². The Hall–Kier alpha value is -1.25. The molecule has 2 heterocycles. The van der Waals surface area contributed by atoms with Crippen LogP contribution < -0.4 is 17.0 Å². The van der Waals surface area contributed by atoms with Crippen LogP contribution in [-0.4, -0.2) is 33.0 Å². The van der Waals surface area contributed by atoms with Crippen molar-refractivity contribution in [2.24, 2.45) is 11.6 Å². The average Bonchev–Trinajstić information content (AvgIpc) is 2.77. The highest BCUT2D eigenvalue weighted by Gasteiger charge is 2.28. The number of carbonyl (C=O) groups excluding carboxylic acids is 1. The molecular weight excluding hydrogens is 240 g/mol. The highest BCUT2D eigenvalue weighted by Crippen LogP contribution is 2.23. The van der Waals surface area contributed by atoms with E-state index in [4.69, 9.17) is 11.6 Å². The minimum absolute atomic E-state index is 0.198. The summed E-state index contributed by atoms with van der Waals surface area (Å²) in [5.41, 5.74) is 8.73. The third-order valence-corrected chi connectivity index (χ3v) is 3.68. The zero-order valence-corrected chi connectivity index (χ0v) is 10.2. The number of primary amides is 1. The Labute approximate surface area is 103 Å². The van der Waals surface area contributed by atoms with Crippen LogP contribution in [0, 0.1) is 0 Å². The molecule has 0 bridgehead atoms. The molecule has 1 aromatic heterocycles. The molecule has 0 spiro atoms. The maximum atomic E-state index is 11.4. The molecule has 2 rings (SSSR count). The largest absolute Gasteiger partial charge is 0.368 e. The molecule has 8 heteroatoms. The van der Waals surface area contributed by atoms with Gasteiger partial charge in [0, 0.05) is 18.1 Å². The molecule has 17 heavy (non-hydrogen) atoms. The molecule has 0 aliphatic carbocycles. The summed E-state index contributed by atoms with van der Waals surface area (Å²) in [5, 5.41) is 4.74. The number of hydrazine groups is 1. The van der Waals surface area contributed by atoms with E-state index in [0.717, 1.165) is 36.5 Å². The first kappa shape index (κ1) is 12.2. The van der Waals surface area contributed by atoms with Crippen molar-refractivity contribution in [1.29, 1.82) is 0 Å². The lowest BCUT2D eigenvalue weighted by molar-refractivity contribution is -0.124. The molecule has 7 nitrogen and oxygen atoms in total. The Balaban J connectivity index is 2.08. The van der Waals surface area contributed by atoms with E-state index < -0.39 is 0 Å². The zero-order chi connectivity index (χ0) is 12.3. The number of nitrogens with two attached hydrogens (primary N) is 2. The van der Waals surface area contributed by atoms with Crippen molar-refractivity contribution < 1.29 is 4.79 Å². The van der Waals surface area contributed by atoms with Crippen LogP contribution >= 0.6 is 11.5 Å². The molecule has 94 valence electrons. The summed E-state index contributed by atoms with van der Waals surface area (Å²) in [7, 11) is 0. The number of amides is 1. The third kappa shape index (κ3) is 2.71. The number of hydrogen-bond donors (Lipinski definition) is 3. The number of nitrogen functional groups attached to an aromatic ring is 1. The SMILES string of the molecule is NNc1snnc1CN1CCCCC1C(N)=O. The van der Waals surface area contributed by atoms with Crippen LogP contribution in [0.25, 0.3) is 0 Å². The number of aromatic nitrogens is 2. The monoisotopic (exact) mass is 256 g/mol. The molecule has 1 amide bonds. The lowest BCUT2D eigenvalue weighted by Gasteiger charge is -2.32. The highest BCUT2D eigenvalue weighted by atomic mass is 32.1. The fraction of sp³-hybridized carbons (Fsp3) is 0.667. The van der Waals surface area contributed by atoms with E-state index in [9.17, 15) is 4.79 Å². The Bertz CT molecular complexity index is 395. The average molecular weight is 256 g/mol. The van der Waals surface area contributed by atoms with Gasteiger partial charge in [0.2, 0.25) is 5.91 Å². The minimum atomic E-state index is -0.268. The first-order chi connectivity index (χ1) is 8.22. The van der Waals surface area contributed by atoms with Crippen molar-refractivity contribution in [3.63, 3.8) is 0 Å². The number of carbonyl (C=O) groups is 1. The molecule has 0 radical (unpaired) electrons. The van der Waals surface area contributed by atoms with Gasteiger partial charge in [0.05, 0.1) is 6.04 Å². The maximum Gasteiger partial charge on any atom is 0.234 e. The van der Waals surface area contributed by atoms with Crippen molar-refractivity contribution in [1.82, 2.24) is 14.5 Å². The summed E-state index contributed by atoms with van der Waals surface area (Å²) in [6.07, 6.45) is 2.94. The topological polar surface area (TPSA) is 110 Å². The Morgan fingerprint density at radius 3 is 3.12 bits per heavy atom. The molecule has 1 unspecified atom stereocenters. The van der Waals surface area contributed by atoms with Crippen molar-refractivity contribution >= 4 is 22.4 Å². The first-order valence-electron chi connectivity index (χ1n) is 5.53. The van der Waals surface area contributed by atoms with Crippen LogP contribution in [0.4, 0.5) is 5.00 Å². The van der Waals surface area contributed by atoms with Crippen LogP contribution in [0.15, 0.2) is 0 Å². The quantitative estimate of drug-likeness (QED) is 0.502. The number of rotatable bonds is 4. The predicted octanol–water partition coefficient (Wildman–Crippen LogP) is -0.337. The number of likely N-dealkylation sites (tertiary alicyclic amines) is 1. The van der Waals surface area contributed by atoms with Gasteiger partial charge < -0.3 is 11.2 Å². The molecule has 1 fully saturated rings. The molecule has 1 aliphatic heterocycles. The van der Waals surface area contributed by atoms with Gasteiger partial charge in [-0.2, -0.15) is 0 Å². The van der Waals surface area contributed by atoms with E-state index in [0.29, 0.717) is 6.54 Å². The van der Waals surface area contributed by atoms with E-state index in [-0.39, 0.29) is 11.9 Å². The fourth-order valence-corrected chi connectivity index (χ4v) is 2.60. The van der Waals surface area contributed by atoms with Gasteiger partial charge in [-0.05, 0) is 19.4 Å². The third-order valence-electron chi connectivity index (χ3n) is 2.98. The van der Waals surface area contributed by atoms with Crippen LogP contribution in [0.2, 0.25) is 0 Å². The second-order valence-electron chi connectivity index (χ2n) is 4.08. The molecule has 1 aliphatic rings. The van der Waals surface area contributed by atoms with Gasteiger partial charge in [-0.25, -0.2) is 5.84 Å². The molecule has 0 saturated carbocycles. The summed E-state index contributed by atoms with van der Waals surface area (Å²) in [6, 6.07) is -0.198. The van der Waals surface area contributed by atoms with E-state index in [2.05, 4.69) is 15.0 Å². The summed E-state index contributed by atoms with van der Waals surface area (Å²) in [6.45, 7) is 1.42. The van der Waals surface area contributed by atoms with E-state index in [1.165, 1.54) is 11.5 Å². The number of piperidine rings is 1. The Morgan fingerprint density at radius 2 is 2.41 bits per heavy atom. The van der Waals surface area contributed by atoms with Gasteiger partial charge in [-0.1, -0.05) is 10.9 Å². The van der Waals surface area contributed by atoms with Crippen LogP contribution in [-0.2, 0) is 11.3 Å². The highest BCUT2D eigenvalue weighted by molar-refractivity contribution is 7.10. The lowest BCUT2D eigenvalue weighted by atomic mass is 10.0. The van der Waals surface area contributed by atoms with Crippen molar-refractivity contribution in [3.8, 4) is 0 Å². The molecule has 1 saturated heterocycles. The predicted molar refractivity (Wildman–Crippen MR) is 65.0 cm³/mol. The fourth-order valence-electron chi connectivity index (χ4n) is 2.12. The smallest absolute Gasteiger partial charge is 0.234 e. The summed E-state index contributed by atoms with van der Waals surface area (Å²) < 4.78 is 3.83. The van der Waals surface area contributed by atoms with Crippen molar-refractivity contribution in [2.45, 2.75) is 31.8 Å². The van der Waals surface area contributed by atoms with E-state index in [1.807, 2.05) is 4.90 Å². The number of nitrogens with zero attached hydrogens (tertiary/aromatic N) is 3. The Morgan fingerprint density at radius 1 is 1.59 bits per heavy atom. The second-order valence-corrected chi connectivity index (χ2v) is 4.83. The van der Waals surface area contributed by atoms with Crippen LogP contribution in [0.5, 0.6) is 0 Å². The van der Waals surface area contributed by atoms with Gasteiger partial charge in [0.25, 0.3) is 0 Å². The minimum Gasteiger partial charge on any atom is -0.368 e. The maximum absolute atomic E-state index is 11.4. The van der Waals surface area contributed by atoms with Gasteiger partial charge in [0.1, 0.15) is 10.7 Å². The Kier molecular flexibility index (Phi) is 3.87. The normalized spacial score (nSPS) is 21.4. The summed E-state index contributed by atoms with van der Waals surface area (Å²) in [5.74, 6) is 5.10. The molecule has 1 aromatic rings. The second kappa shape index (κ2) is 5.39. The molecule has 1 atom stereocenters. The van der Waals surface area contributed by atoms with Crippen molar-refractivity contribution in [3.05, 3.63) is 5.69 Å².